The molecule has 3 aromatic rings. The number of ketones is 1. The summed E-state index contributed by atoms with van der Waals surface area (Å²) in [6.45, 7) is 0.199. The molecule has 1 N–H and O–H groups in total. The molecule has 3 rings (SSSR count). The van der Waals surface area contributed by atoms with E-state index in [1.165, 1.54) is 15.9 Å². The van der Waals surface area contributed by atoms with Crippen molar-refractivity contribution in [3.05, 3.63) is 91.0 Å². The Labute approximate surface area is 168 Å². The van der Waals surface area contributed by atoms with Gasteiger partial charge >= 0.3 is 168 Å². The normalized spacial score (nSPS) is 11.9. The first-order chi connectivity index (χ1) is 13.8. The van der Waals surface area contributed by atoms with Crippen molar-refractivity contribution < 1.29 is 9.90 Å². The van der Waals surface area contributed by atoms with Gasteiger partial charge in [0.2, 0.25) is 0 Å². The Kier molecular flexibility index (Phi) is 7.54. The summed E-state index contributed by atoms with van der Waals surface area (Å²) in [5.41, 5.74) is 0. The van der Waals surface area contributed by atoms with Crippen LogP contribution in [0.15, 0.2) is 91.0 Å². The average molecular weight is 392 g/mol. The SMILES string of the molecule is O=C(CCCCCO)C[PH](c1ccccc1)(c1ccccc1)c1ccccc1. The van der Waals surface area contributed by atoms with Gasteiger partial charge in [-0.1, -0.05) is 0 Å². The van der Waals surface area contributed by atoms with E-state index in [1.807, 2.05) is 18.2 Å². The fourth-order valence-corrected chi connectivity index (χ4v) is 8.63. The summed E-state index contributed by atoms with van der Waals surface area (Å²) in [5.74, 6) is 0.321. The number of Topliss-reactive ketones (excluding diaryl/α,β-unsaturated/α-hetero) is 1. The van der Waals surface area contributed by atoms with Crippen molar-refractivity contribution >= 4 is 29.0 Å². The molecule has 146 valence electrons. The second-order valence-corrected chi connectivity index (χ2v) is 11.1. The second-order valence-electron chi connectivity index (χ2n) is 7.25. The first-order valence-corrected chi connectivity index (χ1v) is 12.3. The van der Waals surface area contributed by atoms with Crippen LogP contribution in [0.5, 0.6) is 0 Å². The molecule has 0 saturated carbocycles. The standard InChI is InChI=1S/C25H29O2P/c26-20-12-4-5-13-22(27)21-28(23-14-6-1-7-15-23,24-16-8-2-9-17-24)25-18-10-3-11-19-25/h1-3,6-11,14-19,26,28H,4-5,12-13,20-21H2. The third kappa shape index (κ3) is 4.76. The van der Waals surface area contributed by atoms with Crippen molar-refractivity contribution in [2.45, 2.75) is 25.7 Å². The summed E-state index contributed by atoms with van der Waals surface area (Å²) >= 11 is 0. The van der Waals surface area contributed by atoms with Gasteiger partial charge in [0.25, 0.3) is 0 Å². The molecule has 0 amide bonds. The van der Waals surface area contributed by atoms with E-state index < -0.39 is 7.26 Å². The summed E-state index contributed by atoms with van der Waals surface area (Å²) in [6, 6.07) is 31.7. The molecule has 3 aromatic carbocycles. The Morgan fingerprint density at radius 1 is 0.643 bits per heavy atom. The first kappa shape index (κ1) is 20.5. The molecule has 0 fully saturated rings. The zero-order valence-corrected chi connectivity index (χ0v) is 17.3. The van der Waals surface area contributed by atoms with Crippen LogP contribution in [0.4, 0.5) is 0 Å². The van der Waals surface area contributed by atoms with Crippen LogP contribution in [0.3, 0.4) is 0 Å². The maximum absolute atomic E-state index is 13.1. The van der Waals surface area contributed by atoms with E-state index in [0.29, 0.717) is 18.4 Å². The molecule has 0 aliphatic carbocycles. The third-order valence-corrected chi connectivity index (χ3v) is 10.3. The molecule has 0 saturated heterocycles. The predicted molar refractivity (Wildman–Crippen MR) is 122 cm³/mol. The van der Waals surface area contributed by atoms with Gasteiger partial charge < -0.3 is 0 Å². The molecule has 2 nitrogen and oxygen atoms in total. The van der Waals surface area contributed by atoms with E-state index in [0.717, 1.165) is 19.3 Å². The summed E-state index contributed by atoms with van der Waals surface area (Å²) in [4.78, 5) is 13.1. The van der Waals surface area contributed by atoms with E-state index in [9.17, 15) is 4.79 Å². The van der Waals surface area contributed by atoms with Gasteiger partial charge in [0, 0.05) is 0 Å². The number of rotatable bonds is 10. The summed E-state index contributed by atoms with van der Waals surface area (Å²) in [5, 5.41) is 12.8. The molecule has 3 heteroatoms. The molecule has 0 radical (unpaired) electrons. The molecule has 0 atom stereocenters. The van der Waals surface area contributed by atoms with E-state index in [-0.39, 0.29) is 6.61 Å². The van der Waals surface area contributed by atoms with Crippen LogP contribution >= 0.6 is 7.26 Å². The Morgan fingerprint density at radius 3 is 1.46 bits per heavy atom. The molecule has 0 unspecified atom stereocenters. The van der Waals surface area contributed by atoms with Crippen molar-refractivity contribution in [2.75, 3.05) is 12.8 Å². The Hall–Kier alpha value is -2.28. The minimum atomic E-state index is -2.45. The van der Waals surface area contributed by atoms with E-state index in [2.05, 4.69) is 72.8 Å². The van der Waals surface area contributed by atoms with E-state index in [4.69, 9.17) is 5.11 Å². The number of benzene rings is 3. The molecule has 28 heavy (non-hydrogen) atoms. The van der Waals surface area contributed by atoms with Crippen molar-refractivity contribution in [1.82, 2.24) is 0 Å². The van der Waals surface area contributed by atoms with Crippen LogP contribution in [-0.4, -0.2) is 23.7 Å². The molecular formula is C25H29O2P. The van der Waals surface area contributed by atoms with Gasteiger partial charge in [-0.05, 0) is 0 Å². The quantitative estimate of drug-likeness (QED) is 0.421. The number of aliphatic hydroxyl groups excluding tert-OH is 1. The number of carbonyl (C=O) groups excluding carboxylic acids is 1. The zero-order valence-electron chi connectivity index (χ0n) is 16.3. The molecule has 0 aromatic heterocycles. The van der Waals surface area contributed by atoms with E-state index in [1.54, 1.807) is 0 Å². The van der Waals surface area contributed by atoms with Crippen molar-refractivity contribution in [2.24, 2.45) is 0 Å². The number of carbonyl (C=O) groups is 1. The predicted octanol–water partition coefficient (Wildman–Crippen LogP) is 3.83. The molecule has 0 heterocycles. The van der Waals surface area contributed by atoms with Crippen molar-refractivity contribution in [3.63, 3.8) is 0 Å². The minimum absolute atomic E-state index is 0.199. The number of aliphatic hydroxyl groups is 1. The number of unbranched alkanes of at least 4 members (excludes halogenated alkanes) is 2. The van der Waals surface area contributed by atoms with Crippen LogP contribution in [0.25, 0.3) is 0 Å². The summed E-state index contributed by atoms with van der Waals surface area (Å²) in [6.07, 6.45) is 3.68. The molecule has 0 aliphatic heterocycles. The first-order valence-electron chi connectivity index (χ1n) is 10.1. The maximum atomic E-state index is 13.1. The van der Waals surface area contributed by atoms with Crippen LogP contribution in [0.2, 0.25) is 0 Å². The molecule has 0 bridgehead atoms. The molecular weight excluding hydrogens is 363 g/mol. The fourth-order valence-electron chi connectivity index (χ4n) is 3.97. The fraction of sp³-hybridized carbons (Fsp3) is 0.240. The molecule has 0 spiro atoms. The Balaban J connectivity index is 2.05. The molecule has 0 aliphatic rings. The summed E-state index contributed by atoms with van der Waals surface area (Å²) in [7, 11) is -2.45. The summed E-state index contributed by atoms with van der Waals surface area (Å²) < 4.78 is 0. The van der Waals surface area contributed by atoms with Gasteiger partial charge in [0.1, 0.15) is 0 Å². The number of hydrogen-bond acceptors (Lipinski definition) is 2. The van der Waals surface area contributed by atoms with E-state index >= 15 is 0 Å². The van der Waals surface area contributed by atoms with Crippen LogP contribution in [0, 0.1) is 0 Å². The van der Waals surface area contributed by atoms with Gasteiger partial charge in [-0.2, -0.15) is 0 Å². The van der Waals surface area contributed by atoms with Gasteiger partial charge in [0.05, 0.1) is 0 Å². The Bertz CT molecular complexity index is 751. The van der Waals surface area contributed by atoms with Gasteiger partial charge in [-0.3, -0.25) is 0 Å². The Morgan fingerprint density at radius 2 is 1.07 bits per heavy atom. The van der Waals surface area contributed by atoms with Crippen molar-refractivity contribution in [3.8, 4) is 0 Å². The van der Waals surface area contributed by atoms with Gasteiger partial charge in [-0.25, -0.2) is 0 Å². The third-order valence-electron chi connectivity index (χ3n) is 5.38. The number of hydrogen-bond donors (Lipinski definition) is 1. The average Bonchev–Trinajstić information content (AvgIpc) is 2.77. The van der Waals surface area contributed by atoms with Crippen LogP contribution in [-0.2, 0) is 4.79 Å². The van der Waals surface area contributed by atoms with Crippen molar-refractivity contribution in [1.29, 1.82) is 0 Å². The van der Waals surface area contributed by atoms with Crippen LogP contribution in [0.1, 0.15) is 25.7 Å². The van der Waals surface area contributed by atoms with Gasteiger partial charge in [-0.15, -0.1) is 0 Å². The monoisotopic (exact) mass is 392 g/mol. The topological polar surface area (TPSA) is 37.3 Å². The van der Waals surface area contributed by atoms with Crippen LogP contribution < -0.4 is 15.9 Å². The van der Waals surface area contributed by atoms with Gasteiger partial charge in [0.15, 0.2) is 0 Å². The zero-order chi connectivity index (χ0) is 19.7. The second kappa shape index (κ2) is 10.3.